The highest BCUT2D eigenvalue weighted by Crippen LogP contribution is 2.16. The molecular formula is C14H26N2O2. The van der Waals surface area contributed by atoms with Crippen molar-refractivity contribution < 1.29 is 9.15 Å². The maximum Gasteiger partial charge on any atom is 0.118 e. The first-order valence-electron chi connectivity index (χ1n) is 6.52. The molecule has 104 valence electrons. The van der Waals surface area contributed by atoms with E-state index in [4.69, 9.17) is 9.15 Å². The summed E-state index contributed by atoms with van der Waals surface area (Å²) in [5.41, 5.74) is 1.25. The van der Waals surface area contributed by atoms with Gasteiger partial charge in [0.15, 0.2) is 0 Å². The largest absolute Gasteiger partial charge is 0.465 e. The van der Waals surface area contributed by atoms with Gasteiger partial charge in [0.05, 0.1) is 13.2 Å². The number of methoxy groups -OCH3 is 1. The van der Waals surface area contributed by atoms with Crippen LogP contribution in [0, 0.1) is 6.92 Å². The van der Waals surface area contributed by atoms with Crippen molar-refractivity contribution >= 4 is 0 Å². The SMILES string of the molecule is COCCN(C)Cc1cc(CNC(C)C)c(C)o1. The maximum atomic E-state index is 5.78. The van der Waals surface area contributed by atoms with Gasteiger partial charge in [0.25, 0.3) is 0 Å². The summed E-state index contributed by atoms with van der Waals surface area (Å²) < 4.78 is 10.8. The Hall–Kier alpha value is -0.840. The minimum Gasteiger partial charge on any atom is -0.465 e. The summed E-state index contributed by atoms with van der Waals surface area (Å²) in [6.07, 6.45) is 0. The third-order valence-corrected chi connectivity index (χ3v) is 2.88. The van der Waals surface area contributed by atoms with E-state index < -0.39 is 0 Å². The molecule has 0 saturated heterocycles. The van der Waals surface area contributed by atoms with Crippen molar-refractivity contribution in [3.05, 3.63) is 23.2 Å². The fourth-order valence-corrected chi connectivity index (χ4v) is 1.75. The maximum absolute atomic E-state index is 5.78. The van der Waals surface area contributed by atoms with Crippen molar-refractivity contribution in [2.45, 2.75) is 39.9 Å². The summed E-state index contributed by atoms with van der Waals surface area (Å²) in [5, 5.41) is 3.41. The van der Waals surface area contributed by atoms with Crippen LogP contribution in [-0.2, 0) is 17.8 Å². The van der Waals surface area contributed by atoms with Crippen molar-refractivity contribution in [2.75, 3.05) is 27.3 Å². The predicted molar refractivity (Wildman–Crippen MR) is 73.6 cm³/mol. The molecule has 4 heteroatoms. The lowest BCUT2D eigenvalue weighted by Gasteiger charge is -2.13. The van der Waals surface area contributed by atoms with Crippen molar-refractivity contribution in [3.8, 4) is 0 Å². The Morgan fingerprint density at radius 3 is 2.78 bits per heavy atom. The Balaban J connectivity index is 2.49. The molecule has 0 spiro atoms. The highest BCUT2D eigenvalue weighted by molar-refractivity contribution is 5.20. The number of aryl methyl sites for hydroxylation is 1. The first-order valence-corrected chi connectivity index (χ1v) is 6.52. The smallest absolute Gasteiger partial charge is 0.118 e. The summed E-state index contributed by atoms with van der Waals surface area (Å²) in [7, 11) is 3.80. The third-order valence-electron chi connectivity index (χ3n) is 2.88. The van der Waals surface area contributed by atoms with Gasteiger partial charge < -0.3 is 14.5 Å². The molecule has 0 atom stereocenters. The van der Waals surface area contributed by atoms with Gasteiger partial charge >= 0.3 is 0 Å². The fraction of sp³-hybridized carbons (Fsp3) is 0.714. The third kappa shape index (κ3) is 5.21. The lowest BCUT2D eigenvalue weighted by Crippen LogP contribution is -2.22. The summed E-state index contributed by atoms with van der Waals surface area (Å²) in [4.78, 5) is 2.20. The molecule has 0 aliphatic carbocycles. The first-order chi connectivity index (χ1) is 8.52. The van der Waals surface area contributed by atoms with E-state index in [9.17, 15) is 0 Å². The number of hydrogen-bond acceptors (Lipinski definition) is 4. The molecule has 1 aromatic heterocycles. The zero-order chi connectivity index (χ0) is 13.5. The van der Waals surface area contributed by atoms with Gasteiger partial charge in [-0.1, -0.05) is 13.8 Å². The summed E-state index contributed by atoms with van der Waals surface area (Å²) in [5.74, 6) is 2.03. The van der Waals surface area contributed by atoms with E-state index in [1.807, 2.05) is 6.92 Å². The van der Waals surface area contributed by atoms with Crippen LogP contribution in [0.25, 0.3) is 0 Å². The average molecular weight is 254 g/mol. The summed E-state index contributed by atoms with van der Waals surface area (Å²) in [6, 6.07) is 2.64. The number of rotatable bonds is 8. The lowest BCUT2D eigenvalue weighted by atomic mass is 10.2. The lowest BCUT2D eigenvalue weighted by molar-refractivity contribution is 0.154. The number of ether oxygens (including phenoxy) is 1. The number of nitrogens with zero attached hydrogens (tertiary/aromatic N) is 1. The monoisotopic (exact) mass is 254 g/mol. The van der Waals surface area contributed by atoms with Crippen LogP contribution in [0.4, 0.5) is 0 Å². The van der Waals surface area contributed by atoms with E-state index in [2.05, 4.69) is 37.2 Å². The van der Waals surface area contributed by atoms with Crippen LogP contribution >= 0.6 is 0 Å². The molecule has 0 fully saturated rings. The Morgan fingerprint density at radius 1 is 1.44 bits per heavy atom. The number of furan rings is 1. The molecular weight excluding hydrogens is 228 g/mol. The van der Waals surface area contributed by atoms with E-state index in [-0.39, 0.29) is 0 Å². The van der Waals surface area contributed by atoms with Crippen LogP contribution in [0.3, 0.4) is 0 Å². The van der Waals surface area contributed by atoms with E-state index in [1.54, 1.807) is 7.11 Å². The highest BCUT2D eigenvalue weighted by atomic mass is 16.5. The summed E-state index contributed by atoms with van der Waals surface area (Å²) >= 11 is 0. The normalized spacial score (nSPS) is 11.7. The Kier molecular flexibility index (Phi) is 6.39. The molecule has 0 bridgehead atoms. The van der Waals surface area contributed by atoms with Crippen molar-refractivity contribution in [3.63, 3.8) is 0 Å². The zero-order valence-corrected chi connectivity index (χ0v) is 12.2. The van der Waals surface area contributed by atoms with E-state index in [1.165, 1.54) is 5.56 Å². The molecule has 0 unspecified atom stereocenters. The summed E-state index contributed by atoms with van der Waals surface area (Å²) in [6.45, 7) is 9.67. The molecule has 0 saturated carbocycles. The van der Waals surface area contributed by atoms with Crippen LogP contribution in [0.2, 0.25) is 0 Å². The van der Waals surface area contributed by atoms with Gasteiger partial charge in [0.2, 0.25) is 0 Å². The second-order valence-electron chi connectivity index (χ2n) is 5.06. The molecule has 0 aliphatic heterocycles. The second-order valence-corrected chi connectivity index (χ2v) is 5.06. The van der Waals surface area contributed by atoms with E-state index in [0.717, 1.165) is 37.8 Å². The van der Waals surface area contributed by atoms with Gasteiger partial charge in [-0.2, -0.15) is 0 Å². The number of nitrogens with one attached hydrogen (secondary N) is 1. The average Bonchev–Trinajstić information content (AvgIpc) is 2.64. The van der Waals surface area contributed by atoms with Crippen molar-refractivity contribution in [1.82, 2.24) is 10.2 Å². The van der Waals surface area contributed by atoms with Crippen LogP contribution in [0.15, 0.2) is 10.5 Å². The molecule has 1 aromatic rings. The van der Waals surface area contributed by atoms with Gasteiger partial charge in [-0.05, 0) is 20.0 Å². The Bertz CT molecular complexity index is 348. The van der Waals surface area contributed by atoms with Crippen LogP contribution in [0.5, 0.6) is 0 Å². The van der Waals surface area contributed by atoms with Gasteiger partial charge in [-0.15, -0.1) is 0 Å². The van der Waals surface area contributed by atoms with Gasteiger partial charge in [0.1, 0.15) is 11.5 Å². The molecule has 0 aliphatic rings. The Morgan fingerprint density at radius 2 is 2.17 bits per heavy atom. The zero-order valence-electron chi connectivity index (χ0n) is 12.2. The molecule has 4 nitrogen and oxygen atoms in total. The van der Waals surface area contributed by atoms with Gasteiger partial charge in [-0.25, -0.2) is 0 Å². The molecule has 1 N–H and O–H groups in total. The van der Waals surface area contributed by atoms with E-state index >= 15 is 0 Å². The molecule has 0 amide bonds. The topological polar surface area (TPSA) is 37.6 Å². The predicted octanol–water partition coefficient (Wildman–Crippen LogP) is 2.16. The van der Waals surface area contributed by atoms with Gasteiger partial charge in [-0.3, -0.25) is 4.90 Å². The van der Waals surface area contributed by atoms with E-state index in [0.29, 0.717) is 6.04 Å². The van der Waals surface area contributed by atoms with Gasteiger partial charge in [0, 0.05) is 31.8 Å². The molecule has 1 heterocycles. The Labute approximate surface area is 110 Å². The first kappa shape index (κ1) is 15.2. The van der Waals surface area contributed by atoms with Crippen LogP contribution in [-0.4, -0.2) is 38.3 Å². The second kappa shape index (κ2) is 7.56. The minimum atomic E-state index is 0.493. The number of hydrogen-bond donors (Lipinski definition) is 1. The number of likely N-dealkylation sites (N-methyl/N-ethyl adjacent to an activating group) is 1. The fourth-order valence-electron chi connectivity index (χ4n) is 1.75. The highest BCUT2D eigenvalue weighted by Gasteiger charge is 2.09. The molecule has 18 heavy (non-hydrogen) atoms. The molecule has 0 aromatic carbocycles. The van der Waals surface area contributed by atoms with Crippen LogP contribution < -0.4 is 5.32 Å². The van der Waals surface area contributed by atoms with Crippen molar-refractivity contribution in [1.29, 1.82) is 0 Å². The van der Waals surface area contributed by atoms with Crippen molar-refractivity contribution in [2.24, 2.45) is 0 Å². The molecule has 0 radical (unpaired) electrons. The quantitative estimate of drug-likeness (QED) is 0.771. The standard InChI is InChI=1S/C14H26N2O2/c1-11(2)15-9-13-8-14(18-12(13)3)10-16(4)6-7-17-5/h8,11,15H,6-7,9-10H2,1-5H3. The minimum absolute atomic E-state index is 0.493. The molecule has 1 rings (SSSR count). The van der Waals surface area contributed by atoms with Crippen LogP contribution in [0.1, 0.15) is 30.9 Å².